The Bertz CT molecular complexity index is 1010. The summed E-state index contributed by atoms with van der Waals surface area (Å²) in [5, 5.41) is 0.112. The number of methoxy groups -OCH3 is 1. The number of halogens is 3. The predicted octanol–water partition coefficient (Wildman–Crippen LogP) is 4.27. The molecule has 0 fully saturated rings. The van der Waals surface area contributed by atoms with Crippen molar-refractivity contribution in [2.75, 3.05) is 20.3 Å². The van der Waals surface area contributed by atoms with Gasteiger partial charge in [0.1, 0.15) is 29.1 Å². The van der Waals surface area contributed by atoms with Gasteiger partial charge in [0.2, 0.25) is 0 Å². The van der Waals surface area contributed by atoms with E-state index in [1.54, 1.807) is 18.5 Å². The number of ether oxygens (including phenoxy) is 3. The highest BCUT2D eigenvalue weighted by Crippen LogP contribution is 2.35. The van der Waals surface area contributed by atoms with Gasteiger partial charge in [0, 0.05) is 18.7 Å². The first kappa shape index (κ1) is 23.8. The van der Waals surface area contributed by atoms with E-state index in [9.17, 15) is 14.0 Å². The van der Waals surface area contributed by atoms with Crippen LogP contribution in [0.2, 0.25) is 10.2 Å². The minimum Gasteiger partial charge on any atom is -0.497 e. The number of esters is 1. The molecule has 0 aliphatic carbocycles. The van der Waals surface area contributed by atoms with E-state index < -0.39 is 17.3 Å². The van der Waals surface area contributed by atoms with Crippen molar-refractivity contribution in [2.24, 2.45) is 0 Å². The number of carbonyl (C=O) groups is 1. The highest BCUT2D eigenvalue weighted by Gasteiger charge is 2.23. The van der Waals surface area contributed by atoms with E-state index in [0.29, 0.717) is 13.1 Å². The summed E-state index contributed by atoms with van der Waals surface area (Å²) in [6, 6.07) is 2.35. The summed E-state index contributed by atoms with van der Waals surface area (Å²) in [7, 11) is 1.37. The second kappa shape index (κ2) is 10.5. The van der Waals surface area contributed by atoms with E-state index in [1.165, 1.54) is 17.9 Å². The topological polar surface area (TPSA) is 71.7 Å². The molecular formula is C20H23Cl2FN2O5. The molecule has 1 aromatic heterocycles. The van der Waals surface area contributed by atoms with Crippen molar-refractivity contribution in [1.82, 2.24) is 9.36 Å². The number of hydrogen-bond donors (Lipinski definition) is 0. The van der Waals surface area contributed by atoms with Crippen LogP contribution in [0, 0.1) is 5.82 Å². The Kier molecular flexibility index (Phi) is 8.37. The summed E-state index contributed by atoms with van der Waals surface area (Å²) in [6.45, 7) is 6.17. The van der Waals surface area contributed by atoms with Gasteiger partial charge < -0.3 is 14.2 Å². The lowest BCUT2D eigenvalue weighted by Gasteiger charge is -2.12. The standard InChI is InChI=1S/C20H23Cl2FN2O5/c1-5-24-19(22)18(20(27)25(24)6-2)13-9-16(14(21)10-15(13)23)30-11-12(28-4)8-17(26)29-7-3/h8-10H,5-7,11H2,1-4H3/b12-8+. The first-order chi connectivity index (χ1) is 14.3. The molecule has 2 aromatic rings. The molecule has 1 aromatic carbocycles. The molecule has 0 saturated carbocycles. The van der Waals surface area contributed by atoms with Crippen LogP contribution < -0.4 is 10.3 Å². The zero-order valence-corrected chi connectivity index (χ0v) is 18.6. The molecule has 2 rings (SSSR count). The van der Waals surface area contributed by atoms with Crippen LogP contribution in [0.5, 0.6) is 5.75 Å². The molecule has 0 atom stereocenters. The van der Waals surface area contributed by atoms with Crippen LogP contribution in [0.4, 0.5) is 4.39 Å². The van der Waals surface area contributed by atoms with Gasteiger partial charge in [0.15, 0.2) is 0 Å². The van der Waals surface area contributed by atoms with Gasteiger partial charge >= 0.3 is 5.97 Å². The predicted molar refractivity (Wildman–Crippen MR) is 113 cm³/mol. The Morgan fingerprint density at radius 1 is 1.17 bits per heavy atom. The number of rotatable bonds is 9. The second-order valence-electron chi connectivity index (χ2n) is 6.02. The molecule has 0 saturated heterocycles. The van der Waals surface area contributed by atoms with E-state index in [-0.39, 0.29) is 46.0 Å². The minimum atomic E-state index is -0.711. The first-order valence-corrected chi connectivity index (χ1v) is 10.1. The zero-order valence-electron chi connectivity index (χ0n) is 17.1. The van der Waals surface area contributed by atoms with Crippen LogP contribution in [0.25, 0.3) is 11.1 Å². The molecule has 0 aliphatic heterocycles. The van der Waals surface area contributed by atoms with Gasteiger partial charge in [0.25, 0.3) is 5.56 Å². The van der Waals surface area contributed by atoms with E-state index in [2.05, 4.69) is 0 Å². The average Bonchev–Trinajstić information content (AvgIpc) is 2.95. The number of aromatic nitrogens is 2. The van der Waals surface area contributed by atoms with Gasteiger partial charge in [-0.05, 0) is 32.9 Å². The van der Waals surface area contributed by atoms with E-state index in [4.69, 9.17) is 37.4 Å². The van der Waals surface area contributed by atoms with E-state index in [1.807, 2.05) is 6.92 Å². The van der Waals surface area contributed by atoms with Crippen LogP contribution in [-0.2, 0) is 27.4 Å². The van der Waals surface area contributed by atoms with Gasteiger partial charge in [-0.1, -0.05) is 23.2 Å². The maximum Gasteiger partial charge on any atom is 0.334 e. The fourth-order valence-corrected chi connectivity index (χ4v) is 3.47. The average molecular weight is 461 g/mol. The summed E-state index contributed by atoms with van der Waals surface area (Å²) in [4.78, 5) is 24.4. The number of hydrogen-bond acceptors (Lipinski definition) is 5. The van der Waals surface area contributed by atoms with Crippen molar-refractivity contribution in [3.05, 3.63) is 50.3 Å². The lowest BCUT2D eigenvalue weighted by molar-refractivity contribution is -0.137. The summed E-state index contributed by atoms with van der Waals surface area (Å²) < 4.78 is 33.2. The Morgan fingerprint density at radius 2 is 1.83 bits per heavy atom. The van der Waals surface area contributed by atoms with Crippen molar-refractivity contribution in [1.29, 1.82) is 0 Å². The molecule has 0 N–H and O–H groups in total. The summed E-state index contributed by atoms with van der Waals surface area (Å²) in [5.74, 6) is -1.02. The normalized spacial score (nSPS) is 11.5. The van der Waals surface area contributed by atoms with Crippen LogP contribution in [0.1, 0.15) is 20.8 Å². The maximum absolute atomic E-state index is 14.7. The molecule has 7 nitrogen and oxygen atoms in total. The zero-order chi connectivity index (χ0) is 22.4. The van der Waals surface area contributed by atoms with Crippen molar-refractivity contribution in [3.8, 4) is 16.9 Å². The molecule has 0 amide bonds. The van der Waals surface area contributed by atoms with Crippen molar-refractivity contribution in [2.45, 2.75) is 33.9 Å². The lowest BCUT2D eigenvalue weighted by Crippen LogP contribution is -2.22. The van der Waals surface area contributed by atoms with E-state index >= 15 is 0 Å². The van der Waals surface area contributed by atoms with Gasteiger partial charge in [-0.3, -0.25) is 9.48 Å². The van der Waals surface area contributed by atoms with Crippen molar-refractivity contribution >= 4 is 29.2 Å². The summed E-state index contributed by atoms with van der Waals surface area (Å²) >= 11 is 12.5. The second-order valence-corrected chi connectivity index (χ2v) is 6.79. The van der Waals surface area contributed by atoms with Crippen molar-refractivity contribution in [3.63, 3.8) is 0 Å². The fourth-order valence-electron chi connectivity index (χ4n) is 2.87. The monoisotopic (exact) mass is 460 g/mol. The van der Waals surface area contributed by atoms with Gasteiger partial charge in [-0.15, -0.1) is 0 Å². The number of nitrogens with zero attached hydrogens (tertiary/aromatic N) is 2. The quantitative estimate of drug-likeness (QED) is 0.317. The fraction of sp³-hybridized carbons (Fsp3) is 0.400. The van der Waals surface area contributed by atoms with Crippen LogP contribution in [0.15, 0.2) is 28.8 Å². The summed E-state index contributed by atoms with van der Waals surface area (Å²) in [5.41, 5.74) is -0.433. The number of carbonyl (C=O) groups excluding carboxylic acids is 1. The molecule has 164 valence electrons. The maximum atomic E-state index is 14.7. The Labute approximate surface area is 183 Å². The molecule has 0 radical (unpaired) electrons. The smallest absolute Gasteiger partial charge is 0.334 e. The van der Waals surface area contributed by atoms with Gasteiger partial charge in [0.05, 0.1) is 30.4 Å². The first-order valence-electron chi connectivity index (χ1n) is 9.31. The number of benzene rings is 1. The Morgan fingerprint density at radius 3 is 2.37 bits per heavy atom. The van der Waals surface area contributed by atoms with Crippen molar-refractivity contribution < 1.29 is 23.4 Å². The minimum absolute atomic E-state index is 0.00954. The Hall–Kier alpha value is -2.45. The molecular weight excluding hydrogens is 438 g/mol. The third-order valence-electron chi connectivity index (χ3n) is 4.26. The molecule has 1 heterocycles. The molecule has 0 bridgehead atoms. The third kappa shape index (κ3) is 4.99. The van der Waals surface area contributed by atoms with Gasteiger partial charge in [-0.25, -0.2) is 13.9 Å². The molecule has 0 aliphatic rings. The third-order valence-corrected chi connectivity index (χ3v) is 4.94. The van der Waals surface area contributed by atoms with E-state index in [0.717, 1.165) is 12.1 Å². The molecule has 0 spiro atoms. The molecule has 0 unspecified atom stereocenters. The van der Waals surface area contributed by atoms with Crippen LogP contribution >= 0.6 is 23.2 Å². The Balaban J connectivity index is 2.44. The lowest BCUT2D eigenvalue weighted by atomic mass is 10.1. The van der Waals surface area contributed by atoms with Crippen LogP contribution in [-0.4, -0.2) is 35.7 Å². The summed E-state index contributed by atoms with van der Waals surface area (Å²) in [6.07, 6.45) is 1.14. The molecule has 10 heteroatoms. The highest BCUT2D eigenvalue weighted by atomic mass is 35.5. The van der Waals surface area contributed by atoms with Crippen LogP contribution in [0.3, 0.4) is 0 Å². The molecule has 30 heavy (non-hydrogen) atoms. The largest absolute Gasteiger partial charge is 0.497 e. The SMILES string of the molecule is CCOC(=O)/C=C(\COc1cc(-c2c(Cl)n(CC)n(CC)c2=O)c(F)cc1Cl)OC. The van der Waals surface area contributed by atoms with Gasteiger partial charge in [-0.2, -0.15) is 0 Å². The highest BCUT2D eigenvalue weighted by molar-refractivity contribution is 6.33.